The minimum atomic E-state index is -4.17. The molecule has 2 rings (SSSR count). The van der Waals surface area contributed by atoms with E-state index in [-0.39, 0.29) is 52.0 Å². The maximum atomic E-state index is 13.4. The van der Waals surface area contributed by atoms with Gasteiger partial charge < -0.3 is 34.7 Å². The molecule has 0 amide bonds. The molecule has 0 saturated heterocycles. The predicted octanol–water partition coefficient (Wildman–Crippen LogP) is 5.50. The van der Waals surface area contributed by atoms with Crippen molar-refractivity contribution in [1.29, 1.82) is 0 Å². The van der Waals surface area contributed by atoms with E-state index >= 15 is 0 Å². The molecule has 0 aliphatic carbocycles. The predicted molar refractivity (Wildman–Crippen MR) is 164 cm³/mol. The lowest BCUT2D eigenvalue weighted by atomic mass is 10.2. The Bertz CT molecular complexity index is 1180. The van der Waals surface area contributed by atoms with Crippen molar-refractivity contribution in [3.05, 3.63) is 71.8 Å². The lowest BCUT2D eigenvalue weighted by Crippen LogP contribution is -2.45. The highest BCUT2D eigenvalue weighted by Crippen LogP contribution is 2.50. The normalized spacial score (nSPS) is 12.2. The molecule has 0 heterocycles. The average molecular weight is 652 g/mol. The number of rotatable bonds is 20. The fraction of sp³-hybridized carbons (Fsp3) is 0.467. The van der Waals surface area contributed by atoms with Crippen molar-refractivity contribution in [3.8, 4) is 0 Å². The first-order valence-electron chi connectivity index (χ1n) is 14.5. The summed E-state index contributed by atoms with van der Waals surface area (Å²) in [6.07, 6.45) is -0.0113. The van der Waals surface area contributed by atoms with E-state index in [1.54, 1.807) is 6.92 Å². The highest BCUT2D eigenvalue weighted by atomic mass is 31.2. The zero-order valence-corrected chi connectivity index (χ0v) is 26.5. The van der Waals surface area contributed by atoms with Crippen LogP contribution in [0.5, 0.6) is 0 Å². The van der Waals surface area contributed by atoms with Crippen LogP contribution >= 0.6 is 7.75 Å². The summed E-state index contributed by atoms with van der Waals surface area (Å²) in [6, 6.07) is 17.3. The summed E-state index contributed by atoms with van der Waals surface area (Å²) in [5.41, 5.74) is 7.62. The number of carbonyl (C=O) groups is 3. The molecule has 0 aliphatic rings. The van der Waals surface area contributed by atoms with Gasteiger partial charge in [-0.15, -0.1) is 4.76 Å². The number of unbranched alkanes of at least 4 members (excludes halogenated alkanes) is 2. The number of ether oxygens (including phenoxy) is 4. The molecule has 0 saturated carbocycles. The topological polar surface area (TPSA) is 186 Å². The fourth-order valence-electron chi connectivity index (χ4n) is 3.66. The summed E-state index contributed by atoms with van der Waals surface area (Å²) in [5, 5.41) is 9.43. The first-order valence-corrected chi connectivity index (χ1v) is 16.0. The number of carbonyl (C=O) groups excluding carboxylic acids is 2. The first kappa shape index (κ1) is 37.1. The van der Waals surface area contributed by atoms with Gasteiger partial charge in [0.25, 0.3) is 0 Å². The van der Waals surface area contributed by atoms with Crippen molar-refractivity contribution in [2.75, 3.05) is 33.5 Å². The molecule has 0 radical (unpaired) electrons. The number of aliphatic carboxylic acids is 1. The Morgan fingerprint density at radius 3 is 1.60 bits per heavy atom. The van der Waals surface area contributed by atoms with E-state index in [2.05, 4.69) is 4.76 Å². The Labute approximate surface area is 263 Å². The third-order valence-corrected chi connectivity index (χ3v) is 7.62. The maximum absolute atomic E-state index is 13.4. The molecule has 45 heavy (non-hydrogen) atoms. The molecule has 0 spiro atoms. The lowest BCUT2D eigenvalue weighted by molar-refractivity contribution is -0.141. The number of hydrogen-bond donors (Lipinski definition) is 2. The van der Waals surface area contributed by atoms with Crippen molar-refractivity contribution in [3.63, 3.8) is 0 Å². The standard InChI is InChI=1S/C30H42N3O11P/c1-3-26(27(34)35)33(2)28(31)32-45(38,43-20-12-10-18-39-29(36)41-22-24-14-6-4-7-15-24)44-21-13-11-19-40-30(37)42-23-25-16-8-5-9-17-25/h4-9,14-17,26H,3,10-13,18-23H2,1-2H3,(H,34,35)(H2,31,32,38). The summed E-state index contributed by atoms with van der Waals surface area (Å²) in [7, 11) is -2.76. The Morgan fingerprint density at radius 2 is 1.20 bits per heavy atom. The first-order chi connectivity index (χ1) is 21.6. The van der Waals surface area contributed by atoms with Crippen molar-refractivity contribution in [2.45, 2.75) is 58.3 Å². The van der Waals surface area contributed by atoms with E-state index in [9.17, 15) is 24.1 Å². The van der Waals surface area contributed by atoms with Gasteiger partial charge in [0.1, 0.15) is 19.3 Å². The number of nitrogens with two attached hydrogens (primary N) is 1. The molecule has 15 heteroatoms. The van der Waals surface area contributed by atoms with E-state index in [1.165, 1.54) is 11.9 Å². The van der Waals surface area contributed by atoms with Gasteiger partial charge in [-0.25, -0.2) is 18.9 Å². The van der Waals surface area contributed by atoms with Gasteiger partial charge in [-0.1, -0.05) is 67.6 Å². The van der Waals surface area contributed by atoms with Crippen LogP contribution in [0.2, 0.25) is 0 Å². The van der Waals surface area contributed by atoms with E-state index in [1.807, 2.05) is 60.7 Å². The monoisotopic (exact) mass is 651 g/mol. The summed E-state index contributed by atoms with van der Waals surface area (Å²) in [4.78, 5) is 36.3. The summed E-state index contributed by atoms with van der Waals surface area (Å²) in [6.45, 7) is 1.76. The molecular formula is C30H42N3O11P. The summed E-state index contributed by atoms with van der Waals surface area (Å²) < 4.78 is 48.5. The van der Waals surface area contributed by atoms with Gasteiger partial charge >= 0.3 is 26.0 Å². The van der Waals surface area contributed by atoms with Crippen LogP contribution in [0.1, 0.15) is 50.2 Å². The lowest BCUT2D eigenvalue weighted by Gasteiger charge is -2.25. The zero-order valence-electron chi connectivity index (χ0n) is 25.6. The Kier molecular flexibility index (Phi) is 17.1. The van der Waals surface area contributed by atoms with Crippen LogP contribution in [0.3, 0.4) is 0 Å². The largest absolute Gasteiger partial charge is 0.508 e. The second kappa shape index (κ2) is 20.8. The van der Waals surface area contributed by atoms with Gasteiger partial charge in [0, 0.05) is 7.05 Å². The molecule has 14 nitrogen and oxygen atoms in total. The highest BCUT2D eigenvalue weighted by Gasteiger charge is 2.28. The molecule has 0 aliphatic heterocycles. The van der Waals surface area contributed by atoms with Crippen molar-refractivity contribution in [1.82, 2.24) is 4.90 Å². The van der Waals surface area contributed by atoms with Crippen LogP contribution in [-0.4, -0.2) is 73.8 Å². The van der Waals surface area contributed by atoms with Gasteiger partial charge in [-0.05, 0) is 43.2 Å². The minimum Gasteiger partial charge on any atom is -0.480 e. The van der Waals surface area contributed by atoms with Crippen molar-refractivity contribution >= 4 is 32.0 Å². The van der Waals surface area contributed by atoms with E-state index in [4.69, 9.17) is 33.7 Å². The van der Waals surface area contributed by atoms with E-state index < -0.39 is 32.1 Å². The van der Waals surface area contributed by atoms with E-state index in [0.717, 1.165) is 11.1 Å². The van der Waals surface area contributed by atoms with Gasteiger partial charge in [-0.3, -0.25) is 9.05 Å². The molecule has 1 unspecified atom stereocenters. The van der Waals surface area contributed by atoms with Crippen LogP contribution < -0.4 is 5.73 Å². The Hall–Kier alpha value is -4.13. The number of carboxylic acids is 1. The number of benzene rings is 2. The fourth-order valence-corrected chi connectivity index (χ4v) is 4.96. The molecule has 3 N–H and O–H groups in total. The van der Waals surface area contributed by atoms with Crippen molar-refractivity contribution in [2.24, 2.45) is 10.5 Å². The smallest absolute Gasteiger partial charge is 0.480 e. The molecular weight excluding hydrogens is 609 g/mol. The van der Waals surface area contributed by atoms with Crippen LogP contribution in [0.25, 0.3) is 0 Å². The van der Waals surface area contributed by atoms with Gasteiger partial charge in [0.15, 0.2) is 0 Å². The summed E-state index contributed by atoms with van der Waals surface area (Å²) >= 11 is 0. The molecule has 1 atom stereocenters. The number of likely N-dealkylation sites (N-methyl/N-ethyl adjacent to an activating group) is 1. The van der Waals surface area contributed by atoms with Gasteiger partial charge in [0.05, 0.1) is 26.4 Å². The second-order valence-corrected chi connectivity index (χ2v) is 11.3. The quantitative estimate of drug-likeness (QED) is 0.0601. The Morgan fingerprint density at radius 1 is 0.778 bits per heavy atom. The maximum Gasteiger partial charge on any atom is 0.508 e. The number of hydrogen-bond acceptors (Lipinski definition) is 10. The molecule has 2 aromatic rings. The molecule has 0 fully saturated rings. The van der Waals surface area contributed by atoms with Crippen LogP contribution in [0.15, 0.2) is 65.4 Å². The Balaban J connectivity index is 1.78. The van der Waals surface area contributed by atoms with Gasteiger partial charge in [-0.2, -0.15) is 0 Å². The van der Waals surface area contributed by atoms with Gasteiger partial charge in [0.2, 0.25) is 5.96 Å². The molecule has 2 aromatic carbocycles. The minimum absolute atomic E-state index is 0.0425. The van der Waals surface area contributed by atoms with Crippen LogP contribution in [0.4, 0.5) is 9.59 Å². The average Bonchev–Trinajstić information content (AvgIpc) is 3.03. The third-order valence-electron chi connectivity index (χ3n) is 6.15. The third kappa shape index (κ3) is 15.4. The molecule has 0 bridgehead atoms. The molecule has 0 aromatic heterocycles. The van der Waals surface area contributed by atoms with Crippen molar-refractivity contribution < 1.29 is 52.1 Å². The van der Waals surface area contributed by atoms with E-state index in [0.29, 0.717) is 25.7 Å². The van der Waals surface area contributed by atoms with Crippen LogP contribution in [0, 0.1) is 0 Å². The second-order valence-electron chi connectivity index (χ2n) is 9.63. The molecule has 248 valence electrons. The number of nitrogens with zero attached hydrogens (tertiary/aromatic N) is 2. The zero-order chi connectivity index (χ0) is 32.9. The summed E-state index contributed by atoms with van der Waals surface area (Å²) in [5.74, 6) is -1.46. The highest BCUT2D eigenvalue weighted by molar-refractivity contribution is 7.52. The van der Waals surface area contributed by atoms with Crippen LogP contribution in [-0.2, 0) is 50.6 Å². The number of guanidine groups is 1. The number of carboxylic acid groups (broad SMARTS) is 1. The SMILES string of the molecule is CCC(C(=O)O)N(C)C(N)=NP(=O)(OCCCCOC(=O)OCc1ccccc1)OCCCCOC(=O)OCc1ccccc1.